The van der Waals surface area contributed by atoms with Crippen LogP contribution in [-0.2, 0) is 9.63 Å². The standard InChI is InChI=1S/C9H17N3O4/c13-9(2-1-7-16-12(14)15)11-8-3-5-10-6-4-8/h8,10H,1-7H2,(H,11,13). The highest BCUT2D eigenvalue weighted by Crippen LogP contribution is 2.02. The highest BCUT2D eigenvalue weighted by atomic mass is 16.9. The number of hydrogen-bond donors (Lipinski definition) is 2. The molecule has 1 heterocycles. The molecule has 0 aromatic heterocycles. The molecule has 2 N–H and O–H groups in total. The molecule has 7 nitrogen and oxygen atoms in total. The van der Waals surface area contributed by atoms with Crippen LogP contribution < -0.4 is 10.6 Å². The van der Waals surface area contributed by atoms with Crippen molar-refractivity contribution >= 4 is 5.91 Å². The molecule has 1 amide bonds. The van der Waals surface area contributed by atoms with Gasteiger partial charge in [-0.2, -0.15) is 0 Å². The molecule has 0 unspecified atom stereocenters. The third-order valence-corrected chi connectivity index (χ3v) is 2.45. The van der Waals surface area contributed by atoms with Gasteiger partial charge in [-0.25, -0.2) is 0 Å². The van der Waals surface area contributed by atoms with Crippen molar-refractivity contribution < 1.29 is 14.7 Å². The maximum absolute atomic E-state index is 11.4. The van der Waals surface area contributed by atoms with E-state index in [1.807, 2.05) is 0 Å². The van der Waals surface area contributed by atoms with Gasteiger partial charge in [0, 0.05) is 12.5 Å². The van der Waals surface area contributed by atoms with Crippen LogP contribution in [0.4, 0.5) is 0 Å². The molecule has 1 aliphatic heterocycles. The van der Waals surface area contributed by atoms with Crippen LogP contribution in [0.5, 0.6) is 0 Å². The molecule has 0 aliphatic carbocycles. The fourth-order valence-corrected chi connectivity index (χ4v) is 1.64. The zero-order valence-electron chi connectivity index (χ0n) is 9.11. The van der Waals surface area contributed by atoms with Crippen LogP contribution in [0.1, 0.15) is 25.7 Å². The summed E-state index contributed by atoms with van der Waals surface area (Å²) >= 11 is 0. The van der Waals surface area contributed by atoms with Crippen LogP contribution >= 0.6 is 0 Å². The van der Waals surface area contributed by atoms with Crippen LogP contribution in [-0.4, -0.2) is 36.7 Å². The summed E-state index contributed by atoms with van der Waals surface area (Å²) in [5.74, 6) is -0.0566. The predicted molar refractivity (Wildman–Crippen MR) is 56.2 cm³/mol. The Balaban J connectivity index is 2.03. The number of carbonyl (C=O) groups is 1. The molecule has 0 atom stereocenters. The zero-order chi connectivity index (χ0) is 11.8. The van der Waals surface area contributed by atoms with Crippen LogP contribution in [0.2, 0.25) is 0 Å². The Hall–Kier alpha value is -1.37. The first-order valence-electron chi connectivity index (χ1n) is 5.46. The Labute approximate surface area is 93.6 Å². The molecule has 0 bridgehead atoms. The van der Waals surface area contributed by atoms with E-state index in [0.29, 0.717) is 6.42 Å². The lowest BCUT2D eigenvalue weighted by Crippen LogP contribution is -2.42. The summed E-state index contributed by atoms with van der Waals surface area (Å²) < 4.78 is 0. The molecule has 1 fully saturated rings. The van der Waals surface area contributed by atoms with Gasteiger partial charge in [0.1, 0.15) is 0 Å². The number of carbonyl (C=O) groups excluding carboxylic acids is 1. The zero-order valence-corrected chi connectivity index (χ0v) is 9.11. The highest BCUT2D eigenvalue weighted by molar-refractivity contribution is 5.76. The van der Waals surface area contributed by atoms with E-state index >= 15 is 0 Å². The summed E-state index contributed by atoms with van der Waals surface area (Å²) in [6, 6.07) is 0.241. The minimum absolute atomic E-state index is 0.0212. The average Bonchev–Trinajstić information content (AvgIpc) is 2.25. The second-order valence-corrected chi connectivity index (χ2v) is 3.75. The molecular formula is C9H17N3O4. The number of rotatable bonds is 6. The van der Waals surface area contributed by atoms with Gasteiger partial charge in [0.05, 0.1) is 6.61 Å². The normalized spacial score (nSPS) is 16.8. The molecule has 0 spiro atoms. The van der Waals surface area contributed by atoms with Crippen LogP contribution in [0.25, 0.3) is 0 Å². The SMILES string of the molecule is O=C(CCCO[N+](=O)[O-])NC1CCNCC1. The minimum Gasteiger partial charge on any atom is -0.353 e. The van der Waals surface area contributed by atoms with E-state index in [1.165, 1.54) is 0 Å². The van der Waals surface area contributed by atoms with Crippen molar-refractivity contribution in [3.05, 3.63) is 10.1 Å². The smallest absolute Gasteiger partial charge is 0.294 e. The third-order valence-electron chi connectivity index (χ3n) is 2.45. The van der Waals surface area contributed by atoms with Gasteiger partial charge in [-0.15, -0.1) is 10.1 Å². The van der Waals surface area contributed by atoms with Crippen LogP contribution in [0, 0.1) is 10.1 Å². The molecule has 1 rings (SSSR count). The molecule has 0 saturated carbocycles. The maximum Gasteiger partial charge on any atom is 0.294 e. The molecule has 0 radical (unpaired) electrons. The Morgan fingerprint density at radius 3 is 2.81 bits per heavy atom. The molecule has 1 aliphatic rings. The lowest BCUT2D eigenvalue weighted by Gasteiger charge is -2.23. The van der Waals surface area contributed by atoms with E-state index in [2.05, 4.69) is 15.5 Å². The quantitative estimate of drug-likeness (QED) is 0.376. The molecule has 7 heteroatoms. The summed E-state index contributed by atoms with van der Waals surface area (Å²) in [6.07, 6.45) is 2.53. The molecule has 1 saturated heterocycles. The van der Waals surface area contributed by atoms with E-state index in [-0.39, 0.29) is 25.0 Å². The Bertz CT molecular complexity index is 241. The van der Waals surface area contributed by atoms with Crippen molar-refractivity contribution in [2.45, 2.75) is 31.7 Å². The second-order valence-electron chi connectivity index (χ2n) is 3.75. The Kier molecular flexibility index (Phi) is 5.55. The van der Waals surface area contributed by atoms with E-state index < -0.39 is 5.09 Å². The largest absolute Gasteiger partial charge is 0.353 e. The Morgan fingerprint density at radius 2 is 2.19 bits per heavy atom. The van der Waals surface area contributed by atoms with Crippen molar-refractivity contribution in [3.63, 3.8) is 0 Å². The average molecular weight is 231 g/mol. The second kappa shape index (κ2) is 7.00. The molecule has 0 aromatic carbocycles. The lowest BCUT2D eigenvalue weighted by atomic mass is 10.1. The predicted octanol–water partition coefficient (Wildman–Crippen LogP) is -0.157. The minimum atomic E-state index is -0.843. The van der Waals surface area contributed by atoms with Gasteiger partial charge in [0.25, 0.3) is 5.09 Å². The fourth-order valence-electron chi connectivity index (χ4n) is 1.64. The van der Waals surface area contributed by atoms with Crippen molar-refractivity contribution in [1.29, 1.82) is 0 Å². The van der Waals surface area contributed by atoms with Crippen molar-refractivity contribution in [3.8, 4) is 0 Å². The number of nitrogens with zero attached hydrogens (tertiary/aromatic N) is 1. The lowest BCUT2D eigenvalue weighted by molar-refractivity contribution is -0.757. The first-order valence-corrected chi connectivity index (χ1v) is 5.46. The fraction of sp³-hybridized carbons (Fsp3) is 0.889. The van der Waals surface area contributed by atoms with Gasteiger partial charge in [-0.05, 0) is 32.4 Å². The summed E-state index contributed by atoms with van der Waals surface area (Å²) in [5.41, 5.74) is 0. The molecular weight excluding hydrogens is 214 g/mol. The van der Waals surface area contributed by atoms with Gasteiger partial charge >= 0.3 is 0 Å². The number of hydrogen-bond acceptors (Lipinski definition) is 5. The van der Waals surface area contributed by atoms with Crippen molar-refractivity contribution in [2.75, 3.05) is 19.7 Å². The van der Waals surface area contributed by atoms with Crippen molar-refractivity contribution in [2.24, 2.45) is 0 Å². The van der Waals surface area contributed by atoms with Crippen LogP contribution in [0.15, 0.2) is 0 Å². The summed E-state index contributed by atoms with van der Waals surface area (Å²) in [4.78, 5) is 25.4. The third kappa shape index (κ3) is 5.50. The number of nitrogens with one attached hydrogen (secondary N) is 2. The van der Waals surface area contributed by atoms with E-state index in [4.69, 9.17) is 0 Å². The van der Waals surface area contributed by atoms with Crippen LogP contribution in [0.3, 0.4) is 0 Å². The van der Waals surface area contributed by atoms with Gasteiger partial charge in [0.15, 0.2) is 0 Å². The maximum atomic E-state index is 11.4. The topological polar surface area (TPSA) is 93.5 Å². The molecule has 0 aromatic rings. The van der Waals surface area contributed by atoms with E-state index in [1.54, 1.807) is 0 Å². The summed E-state index contributed by atoms with van der Waals surface area (Å²) in [5, 5.41) is 15.1. The number of piperidine rings is 1. The Morgan fingerprint density at radius 1 is 1.50 bits per heavy atom. The van der Waals surface area contributed by atoms with Gasteiger partial charge in [0.2, 0.25) is 5.91 Å². The monoisotopic (exact) mass is 231 g/mol. The van der Waals surface area contributed by atoms with Gasteiger partial charge in [-0.3, -0.25) is 4.79 Å². The van der Waals surface area contributed by atoms with Gasteiger partial charge < -0.3 is 15.5 Å². The summed E-state index contributed by atoms with van der Waals surface area (Å²) in [6.45, 7) is 1.83. The first kappa shape index (κ1) is 12.7. The highest BCUT2D eigenvalue weighted by Gasteiger charge is 2.14. The number of amides is 1. The van der Waals surface area contributed by atoms with Crippen molar-refractivity contribution in [1.82, 2.24) is 10.6 Å². The van der Waals surface area contributed by atoms with E-state index in [0.717, 1.165) is 25.9 Å². The summed E-state index contributed by atoms with van der Waals surface area (Å²) in [7, 11) is 0. The molecule has 16 heavy (non-hydrogen) atoms. The van der Waals surface area contributed by atoms with E-state index in [9.17, 15) is 14.9 Å². The molecule has 92 valence electrons. The van der Waals surface area contributed by atoms with Gasteiger partial charge in [-0.1, -0.05) is 0 Å². The first-order chi connectivity index (χ1) is 7.68.